The van der Waals surface area contributed by atoms with Crippen molar-refractivity contribution in [1.82, 2.24) is 4.90 Å². The summed E-state index contributed by atoms with van der Waals surface area (Å²) in [4.78, 5) is 15.7. The van der Waals surface area contributed by atoms with Gasteiger partial charge in [0.1, 0.15) is 5.78 Å². The predicted octanol–water partition coefficient (Wildman–Crippen LogP) is 2.71. The maximum Gasteiger partial charge on any atom is 0.141 e. The van der Waals surface area contributed by atoms with Crippen molar-refractivity contribution in [3.8, 4) is 0 Å². The van der Waals surface area contributed by atoms with Crippen molar-refractivity contribution in [2.24, 2.45) is 5.41 Å². The molecule has 2 bridgehead atoms. The molecule has 0 amide bonds. The molecule has 22 heavy (non-hydrogen) atoms. The van der Waals surface area contributed by atoms with Crippen LogP contribution in [0.3, 0.4) is 0 Å². The molecular formula is C19H22N2O. The standard InChI is InChI=1S/C19H22N2O/c22-15-5-11-21-12-10-19-13-3-1-2-4-14(13)20-18(19)8-6-17(15,7-9-18)16(19)21/h1-4,16,20H,5-12H2/t16-,17?,18?,19+/m0/s1. The van der Waals surface area contributed by atoms with E-state index in [1.165, 1.54) is 37.1 Å². The number of benzene rings is 1. The van der Waals surface area contributed by atoms with Crippen molar-refractivity contribution in [2.75, 3.05) is 18.4 Å². The fourth-order valence-corrected chi connectivity index (χ4v) is 7.24. The molecule has 2 saturated heterocycles. The summed E-state index contributed by atoms with van der Waals surface area (Å²) in [6, 6.07) is 9.40. The summed E-state index contributed by atoms with van der Waals surface area (Å²) in [6.07, 6.45) is 6.59. The van der Waals surface area contributed by atoms with Gasteiger partial charge in [0.15, 0.2) is 0 Å². The van der Waals surface area contributed by atoms with Crippen LogP contribution in [0.15, 0.2) is 24.3 Å². The molecule has 0 radical (unpaired) electrons. The van der Waals surface area contributed by atoms with Gasteiger partial charge in [-0.15, -0.1) is 0 Å². The summed E-state index contributed by atoms with van der Waals surface area (Å²) in [5.74, 6) is 0.577. The quantitative estimate of drug-likeness (QED) is 0.798. The van der Waals surface area contributed by atoms with Crippen LogP contribution in [0.25, 0.3) is 0 Å². The van der Waals surface area contributed by atoms with E-state index in [4.69, 9.17) is 0 Å². The van der Waals surface area contributed by atoms with Gasteiger partial charge in [-0.3, -0.25) is 9.69 Å². The second-order valence-electron chi connectivity index (χ2n) is 8.24. The Balaban J connectivity index is 1.68. The Morgan fingerprint density at radius 3 is 2.73 bits per heavy atom. The van der Waals surface area contributed by atoms with E-state index in [1.807, 2.05) is 0 Å². The number of Topliss-reactive ketones (excluding diaryl/α,β-unsaturated/α-hetero) is 1. The van der Waals surface area contributed by atoms with E-state index < -0.39 is 0 Å². The summed E-state index contributed by atoms with van der Waals surface area (Å²) in [5, 5.41) is 3.96. The lowest BCUT2D eigenvalue weighted by Crippen LogP contribution is -2.74. The molecule has 3 heterocycles. The number of ketones is 1. The van der Waals surface area contributed by atoms with Gasteiger partial charge >= 0.3 is 0 Å². The maximum atomic E-state index is 13.0. The van der Waals surface area contributed by atoms with Crippen LogP contribution < -0.4 is 5.32 Å². The van der Waals surface area contributed by atoms with Crippen molar-refractivity contribution < 1.29 is 4.79 Å². The van der Waals surface area contributed by atoms with Crippen LogP contribution in [0.5, 0.6) is 0 Å². The minimum Gasteiger partial charge on any atom is -0.378 e. The third-order valence-electron chi connectivity index (χ3n) is 7.96. The van der Waals surface area contributed by atoms with Crippen molar-refractivity contribution in [3.05, 3.63) is 29.8 Å². The molecule has 7 rings (SSSR count). The number of hydrogen-bond donors (Lipinski definition) is 1. The second kappa shape index (κ2) is 3.43. The zero-order valence-electron chi connectivity index (χ0n) is 12.9. The van der Waals surface area contributed by atoms with E-state index in [9.17, 15) is 4.79 Å². The molecule has 3 aliphatic carbocycles. The minimum absolute atomic E-state index is 0.0321. The number of anilines is 1. The molecule has 3 saturated carbocycles. The lowest BCUT2D eigenvalue weighted by atomic mass is 9.41. The number of para-hydroxylation sites is 1. The average molecular weight is 294 g/mol. The lowest BCUT2D eigenvalue weighted by molar-refractivity contribution is -0.155. The van der Waals surface area contributed by atoms with Gasteiger partial charge in [-0.2, -0.15) is 0 Å². The Bertz CT molecular complexity index is 703. The van der Waals surface area contributed by atoms with E-state index >= 15 is 0 Å². The third kappa shape index (κ3) is 0.989. The molecule has 2 atom stereocenters. The number of nitrogens with one attached hydrogen (secondary N) is 1. The van der Waals surface area contributed by atoms with Crippen LogP contribution in [0, 0.1) is 5.41 Å². The van der Waals surface area contributed by atoms with Crippen molar-refractivity contribution in [2.45, 2.75) is 55.5 Å². The zero-order valence-corrected chi connectivity index (χ0v) is 12.9. The smallest absolute Gasteiger partial charge is 0.141 e. The van der Waals surface area contributed by atoms with Gasteiger partial charge in [0, 0.05) is 41.1 Å². The van der Waals surface area contributed by atoms with Gasteiger partial charge in [0.25, 0.3) is 0 Å². The van der Waals surface area contributed by atoms with Gasteiger partial charge in [0.2, 0.25) is 0 Å². The monoisotopic (exact) mass is 294 g/mol. The highest BCUT2D eigenvalue weighted by molar-refractivity contribution is 5.89. The first kappa shape index (κ1) is 12.1. The SMILES string of the molecule is O=C1CCN2CC[C@]34c5ccccc5NC35CCC1(CC5)[C@H]24. The molecule has 3 spiro atoms. The Hall–Kier alpha value is -1.35. The molecule has 3 aliphatic heterocycles. The number of hydrogen-bond acceptors (Lipinski definition) is 3. The summed E-state index contributed by atoms with van der Waals surface area (Å²) in [6.45, 7) is 2.17. The van der Waals surface area contributed by atoms with Crippen LogP contribution in [-0.4, -0.2) is 35.4 Å². The minimum atomic E-state index is -0.0321. The molecule has 0 aromatic heterocycles. The number of nitrogens with zero attached hydrogens (tertiary/aromatic N) is 1. The number of piperidine rings is 1. The van der Waals surface area contributed by atoms with Crippen LogP contribution in [-0.2, 0) is 10.2 Å². The van der Waals surface area contributed by atoms with E-state index in [2.05, 4.69) is 34.5 Å². The maximum absolute atomic E-state index is 13.0. The van der Waals surface area contributed by atoms with Gasteiger partial charge < -0.3 is 5.32 Å². The topological polar surface area (TPSA) is 32.3 Å². The fourth-order valence-electron chi connectivity index (χ4n) is 7.24. The third-order valence-corrected chi connectivity index (χ3v) is 7.96. The zero-order chi connectivity index (χ0) is 14.6. The van der Waals surface area contributed by atoms with Crippen molar-refractivity contribution in [3.63, 3.8) is 0 Å². The highest BCUT2D eigenvalue weighted by Gasteiger charge is 2.76. The summed E-state index contributed by atoms with van der Waals surface area (Å²) < 4.78 is 0. The van der Waals surface area contributed by atoms with Crippen molar-refractivity contribution >= 4 is 11.5 Å². The molecule has 114 valence electrons. The van der Waals surface area contributed by atoms with Gasteiger partial charge in [-0.1, -0.05) is 18.2 Å². The molecule has 5 fully saturated rings. The Kier molecular flexibility index (Phi) is 1.89. The highest BCUT2D eigenvalue weighted by Crippen LogP contribution is 2.71. The first-order chi connectivity index (χ1) is 10.7. The van der Waals surface area contributed by atoms with Crippen LogP contribution in [0.1, 0.15) is 44.1 Å². The summed E-state index contributed by atoms with van der Waals surface area (Å²) in [7, 11) is 0. The normalized spacial score (nSPS) is 47.8. The van der Waals surface area contributed by atoms with E-state index in [0.29, 0.717) is 11.8 Å². The molecule has 1 aromatic rings. The summed E-state index contributed by atoms with van der Waals surface area (Å²) in [5.41, 5.74) is 3.24. The molecule has 3 heteroatoms. The van der Waals surface area contributed by atoms with Gasteiger partial charge in [-0.25, -0.2) is 0 Å². The number of carbonyl (C=O) groups excluding carboxylic acids is 1. The summed E-state index contributed by atoms with van der Waals surface area (Å²) >= 11 is 0. The fraction of sp³-hybridized carbons (Fsp3) is 0.632. The second-order valence-corrected chi connectivity index (χ2v) is 8.24. The molecule has 1 aromatic carbocycles. The van der Waals surface area contributed by atoms with E-state index in [1.54, 1.807) is 0 Å². The number of rotatable bonds is 0. The van der Waals surface area contributed by atoms with Gasteiger partial charge in [-0.05, 0) is 50.3 Å². The molecule has 3 nitrogen and oxygen atoms in total. The van der Waals surface area contributed by atoms with Crippen LogP contribution >= 0.6 is 0 Å². The largest absolute Gasteiger partial charge is 0.378 e. The first-order valence-electron chi connectivity index (χ1n) is 8.87. The Morgan fingerprint density at radius 2 is 1.86 bits per heavy atom. The lowest BCUT2D eigenvalue weighted by Gasteiger charge is -2.66. The van der Waals surface area contributed by atoms with Crippen molar-refractivity contribution in [1.29, 1.82) is 0 Å². The predicted molar refractivity (Wildman–Crippen MR) is 85.0 cm³/mol. The Morgan fingerprint density at radius 1 is 1.05 bits per heavy atom. The molecule has 6 aliphatic rings. The molecule has 1 N–H and O–H groups in total. The van der Waals surface area contributed by atoms with Gasteiger partial charge in [0.05, 0.1) is 0 Å². The number of carbonyl (C=O) groups is 1. The number of fused-ring (bicyclic) bond motifs is 3. The Labute approximate surface area is 131 Å². The molecule has 0 unspecified atom stereocenters. The van der Waals surface area contributed by atoms with Crippen LogP contribution in [0.2, 0.25) is 0 Å². The average Bonchev–Trinajstić information content (AvgIpc) is 3.09. The first-order valence-corrected chi connectivity index (χ1v) is 8.87. The van der Waals surface area contributed by atoms with Crippen LogP contribution in [0.4, 0.5) is 5.69 Å². The molecular weight excluding hydrogens is 272 g/mol. The highest BCUT2D eigenvalue weighted by atomic mass is 16.1. The van der Waals surface area contributed by atoms with E-state index in [0.717, 1.165) is 25.8 Å². The van der Waals surface area contributed by atoms with E-state index in [-0.39, 0.29) is 16.4 Å².